The SMILES string of the molecule is C/C=C\C(=C/C)c1cc(-c2ccccc2)nc(-n2c3ccccc3c3c4ccccc4c4c(sc5ccc6ccccc6c54)c32)n1.CC. The van der Waals surface area contributed by atoms with Crippen molar-refractivity contribution in [3.05, 3.63) is 145 Å². The number of allylic oxidation sites excluding steroid dienone is 4. The second-order valence-electron chi connectivity index (χ2n) is 11.6. The van der Waals surface area contributed by atoms with Crippen molar-refractivity contribution in [2.45, 2.75) is 27.7 Å². The summed E-state index contributed by atoms with van der Waals surface area (Å²) in [6, 6.07) is 43.4. The summed E-state index contributed by atoms with van der Waals surface area (Å²) in [5.41, 5.74) is 6.18. The van der Waals surface area contributed by atoms with Gasteiger partial charge in [-0.1, -0.05) is 135 Å². The van der Waals surface area contributed by atoms with Crippen LogP contribution in [0.1, 0.15) is 33.4 Å². The van der Waals surface area contributed by atoms with E-state index < -0.39 is 0 Å². The number of aromatic nitrogens is 3. The van der Waals surface area contributed by atoms with E-state index in [0.717, 1.165) is 33.6 Å². The first-order chi connectivity index (χ1) is 23.7. The zero-order valence-electron chi connectivity index (χ0n) is 27.5. The molecule has 3 heterocycles. The molecule has 0 fully saturated rings. The van der Waals surface area contributed by atoms with E-state index in [1.54, 1.807) is 0 Å². The van der Waals surface area contributed by atoms with E-state index in [-0.39, 0.29) is 0 Å². The Labute approximate surface area is 284 Å². The van der Waals surface area contributed by atoms with Gasteiger partial charge < -0.3 is 0 Å². The molecule has 6 aromatic carbocycles. The van der Waals surface area contributed by atoms with Crippen LogP contribution in [0.2, 0.25) is 0 Å². The van der Waals surface area contributed by atoms with Gasteiger partial charge in [-0.05, 0) is 59.2 Å². The van der Waals surface area contributed by atoms with Gasteiger partial charge in [0.05, 0.1) is 27.1 Å². The zero-order valence-corrected chi connectivity index (χ0v) is 28.3. The maximum Gasteiger partial charge on any atom is 0.235 e. The molecule has 0 atom stereocenters. The number of hydrogen-bond donors (Lipinski definition) is 0. The number of thiophene rings is 1. The van der Waals surface area contributed by atoms with Crippen LogP contribution in [-0.4, -0.2) is 14.5 Å². The van der Waals surface area contributed by atoms with Gasteiger partial charge in [-0.15, -0.1) is 11.3 Å². The quantitative estimate of drug-likeness (QED) is 0.180. The molecular weight excluding hydrogens is 603 g/mol. The average molecular weight is 638 g/mol. The van der Waals surface area contributed by atoms with E-state index in [1.165, 1.54) is 52.5 Å². The van der Waals surface area contributed by atoms with E-state index >= 15 is 0 Å². The minimum absolute atomic E-state index is 0.672. The molecule has 0 radical (unpaired) electrons. The molecule has 0 aliphatic carbocycles. The Hall–Kier alpha value is -5.58. The first kappa shape index (κ1) is 29.8. The van der Waals surface area contributed by atoms with Crippen LogP contribution in [0.25, 0.3) is 86.3 Å². The molecule has 9 aromatic rings. The van der Waals surface area contributed by atoms with E-state index in [1.807, 2.05) is 38.2 Å². The standard InChI is InChI=1S/C42H29N3S.C2H6/c1-3-14-26(4-2)33-25-34(28-16-6-5-7-17-28)44-42(43-33)45-35-22-13-12-21-32(35)37-30-19-10-11-20-31(30)39-38-29-18-9-8-15-27(29)23-24-36(38)46-41(39)40(37)45;1-2/h3-25H,1-2H3;1-2H3/b14-3-,26-4+;. The van der Waals surface area contributed by atoms with E-state index in [9.17, 15) is 0 Å². The number of rotatable bonds is 4. The first-order valence-corrected chi connectivity index (χ1v) is 17.5. The lowest BCUT2D eigenvalue weighted by Crippen LogP contribution is -2.05. The Morgan fingerprint density at radius 3 is 2.06 bits per heavy atom. The molecule has 0 aliphatic rings. The van der Waals surface area contributed by atoms with Gasteiger partial charge in [0, 0.05) is 31.8 Å². The number of hydrogen-bond acceptors (Lipinski definition) is 3. The Kier molecular flexibility index (Phi) is 7.59. The summed E-state index contributed by atoms with van der Waals surface area (Å²) in [6.45, 7) is 8.11. The molecule has 3 nitrogen and oxygen atoms in total. The topological polar surface area (TPSA) is 30.7 Å². The van der Waals surface area contributed by atoms with Gasteiger partial charge in [0.1, 0.15) is 0 Å². The van der Waals surface area contributed by atoms with Gasteiger partial charge in [-0.2, -0.15) is 0 Å². The second-order valence-corrected chi connectivity index (χ2v) is 12.7. The van der Waals surface area contributed by atoms with Crippen LogP contribution in [0, 0.1) is 0 Å². The normalized spacial score (nSPS) is 12.2. The smallest absolute Gasteiger partial charge is 0.235 e. The molecule has 232 valence electrons. The molecule has 3 aromatic heterocycles. The van der Waals surface area contributed by atoms with Crippen molar-refractivity contribution in [2.24, 2.45) is 0 Å². The van der Waals surface area contributed by atoms with E-state index in [4.69, 9.17) is 9.97 Å². The van der Waals surface area contributed by atoms with Crippen LogP contribution in [0.5, 0.6) is 0 Å². The minimum Gasteiger partial charge on any atom is -0.276 e. The number of nitrogens with zero attached hydrogens (tertiary/aromatic N) is 3. The number of fused-ring (bicyclic) bond motifs is 12. The molecule has 9 rings (SSSR count). The summed E-state index contributed by atoms with van der Waals surface area (Å²) >= 11 is 1.87. The lowest BCUT2D eigenvalue weighted by molar-refractivity contribution is 0.986. The van der Waals surface area contributed by atoms with E-state index in [0.29, 0.717) is 5.95 Å². The van der Waals surface area contributed by atoms with Crippen LogP contribution in [0.4, 0.5) is 0 Å². The third kappa shape index (κ3) is 4.56. The highest BCUT2D eigenvalue weighted by Gasteiger charge is 2.24. The molecule has 48 heavy (non-hydrogen) atoms. The summed E-state index contributed by atoms with van der Waals surface area (Å²) in [4.78, 5) is 10.6. The van der Waals surface area contributed by atoms with Gasteiger partial charge in [0.15, 0.2) is 0 Å². The molecular formula is C44H35N3S. The summed E-state index contributed by atoms with van der Waals surface area (Å²) in [6.07, 6.45) is 6.31. The maximum atomic E-state index is 5.32. The summed E-state index contributed by atoms with van der Waals surface area (Å²) in [7, 11) is 0. The molecule has 4 heteroatoms. The van der Waals surface area contributed by atoms with Crippen molar-refractivity contribution in [1.29, 1.82) is 0 Å². The lowest BCUT2D eigenvalue weighted by atomic mass is 9.97. The molecule has 0 bridgehead atoms. The highest BCUT2D eigenvalue weighted by Crippen LogP contribution is 2.49. The maximum absolute atomic E-state index is 5.32. The Balaban J connectivity index is 0.00000165. The monoisotopic (exact) mass is 637 g/mol. The largest absolute Gasteiger partial charge is 0.276 e. The third-order valence-corrected chi connectivity index (χ3v) is 10.2. The van der Waals surface area contributed by atoms with Crippen molar-refractivity contribution < 1.29 is 0 Å². The fourth-order valence-electron chi connectivity index (χ4n) is 7.10. The Bertz CT molecular complexity index is 2710. The summed E-state index contributed by atoms with van der Waals surface area (Å²) in [5, 5.41) is 10.1. The predicted molar refractivity (Wildman–Crippen MR) is 210 cm³/mol. The van der Waals surface area contributed by atoms with Gasteiger partial charge in [0.2, 0.25) is 5.95 Å². The van der Waals surface area contributed by atoms with Crippen LogP contribution in [0.3, 0.4) is 0 Å². The molecule has 0 saturated carbocycles. The van der Waals surface area contributed by atoms with Crippen molar-refractivity contribution in [1.82, 2.24) is 14.5 Å². The molecule has 0 saturated heterocycles. The van der Waals surface area contributed by atoms with Gasteiger partial charge in [-0.3, -0.25) is 4.57 Å². The second kappa shape index (κ2) is 12.2. The predicted octanol–water partition coefficient (Wildman–Crippen LogP) is 12.9. The van der Waals surface area contributed by atoms with E-state index in [2.05, 4.69) is 145 Å². The van der Waals surface area contributed by atoms with Crippen molar-refractivity contribution in [3.63, 3.8) is 0 Å². The zero-order chi connectivity index (χ0) is 32.8. The highest BCUT2D eigenvalue weighted by molar-refractivity contribution is 7.27. The third-order valence-electron chi connectivity index (χ3n) is 9.07. The number of benzene rings is 6. The fourth-order valence-corrected chi connectivity index (χ4v) is 8.37. The highest BCUT2D eigenvalue weighted by atomic mass is 32.1. The van der Waals surface area contributed by atoms with Crippen molar-refractivity contribution in [2.75, 3.05) is 0 Å². The van der Waals surface area contributed by atoms with Crippen molar-refractivity contribution in [3.8, 4) is 17.2 Å². The molecule has 0 N–H and O–H groups in total. The Morgan fingerprint density at radius 2 is 1.31 bits per heavy atom. The fraction of sp³-hybridized carbons (Fsp3) is 0.0909. The van der Waals surface area contributed by atoms with Crippen molar-refractivity contribution >= 4 is 80.4 Å². The van der Waals surface area contributed by atoms with Crippen LogP contribution in [0.15, 0.2) is 140 Å². The molecule has 0 spiro atoms. The molecule has 0 unspecified atom stereocenters. The molecule has 0 amide bonds. The molecule has 0 aliphatic heterocycles. The van der Waals surface area contributed by atoms with Gasteiger partial charge in [-0.25, -0.2) is 9.97 Å². The summed E-state index contributed by atoms with van der Waals surface area (Å²) in [5.74, 6) is 0.672. The van der Waals surface area contributed by atoms with Crippen LogP contribution in [-0.2, 0) is 0 Å². The summed E-state index contributed by atoms with van der Waals surface area (Å²) < 4.78 is 4.86. The average Bonchev–Trinajstić information content (AvgIpc) is 3.72. The van der Waals surface area contributed by atoms with Gasteiger partial charge >= 0.3 is 0 Å². The number of para-hydroxylation sites is 1. The van der Waals surface area contributed by atoms with Crippen LogP contribution < -0.4 is 0 Å². The Morgan fingerprint density at radius 1 is 0.646 bits per heavy atom. The lowest BCUT2D eigenvalue weighted by Gasteiger charge is -2.13. The first-order valence-electron chi connectivity index (χ1n) is 16.7. The van der Waals surface area contributed by atoms with Crippen LogP contribution >= 0.6 is 11.3 Å². The van der Waals surface area contributed by atoms with Gasteiger partial charge in [0.25, 0.3) is 0 Å². The minimum atomic E-state index is 0.672.